The van der Waals surface area contributed by atoms with Crippen molar-refractivity contribution in [2.45, 2.75) is 25.8 Å². The summed E-state index contributed by atoms with van der Waals surface area (Å²) in [6.07, 6.45) is 3.64. The molecular formula is C23H26NO5+. The molecule has 0 saturated carbocycles. The van der Waals surface area contributed by atoms with Gasteiger partial charge in [0.25, 0.3) is 0 Å². The molecule has 1 aliphatic heterocycles. The van der Waals surface area contributed by atoms with E-state index in [0.29, 0.717) is 40.3 Å². The SMILES string of the molecule is COc1ccc(-c2cc3ccc(O)c(C[NH+]4CCCCC4)c3oc2=O)cc1OC. The zero-order valence-electron chi connectivity index (χ0n) is 16.8. The van der Waals surface area contributed by atoms with Crippen molar-refractivity contribution in [1.29, 1.82) is 0 Å². The third-order valence-electron chi connectivity index (χ3n) is 5.66. The molecule has 6 heteroatoms. The van der Waals surface area contributed by atoms with Crippen LogP contribution in [0.25, 0.3) is 22.1 Å². The van der Waals surface area contributed by atoms with E-state index >= 15 is 0 Å². The molecule has 2 N–H and O–H groups in total. The Morgan fingerprint density at radius 3 is 2.48 bits per heavy atom. The van der Waals surface area contributed by atoms with Crippen LogP contribution in [0.2, 0.25) is 0 Å². The third kappa shape index (κ3) is 3.80. The number of hydrogen-bond acceptors (Lipinski definition) is 5. The smallest absolute Gasteiger partial charge is 0.344 e. The van der Waals surface area contributed by atoms with Crippen molar-refractivity contribution in [3.63, 3.8) is 0 Å². The van der Waals surface area contributed by atoms with E-state index in [1.165, 1.54) is 24.2 Å². The number of rotatable bonds is 5. The minimum absolute atomic E-state index is 0.178. The summed E-state index contributed by atoms with van der Waals surface area (Å²) < 4.78 is 16.4. The van der Waals surface area contributed by atoms with Gasteiger partial charge in [0.05, 0.1) is 38.4 Å². The summed E-state index contributed by atoms with van der Waals surface area (Å²) in [4.78, 5) is 14.2. The first kappa shape index (κ1) is 19.3. The number of piperidine rings is 1. The number of methoxy groups -OCH3 is 2. The topological polar surface area (TPSA) is 73.3 Å². The van der Waals surface area contributed by atoms with Crippen LogP contribution in [0, 0.1) is 0 Å². The number of hydrogen-bond donors (Lipinski definition) is 2. The molecule has 152 valence electrons. The quantitative estimate of drug-likeness (QED) is 0.649. The fourth-order valence-corrected chi connectivity index (χ4v) is 4.09. The fourth-order valence-electron chi connectivity index (χ4n) is 4.09. The van der Waals surface area contributed by atoms with Crippen molar-refractivity contribution in [1.82, 2.24) is 0 Å². The molecule has 0 radical (unpaired) electrons. The second-order valence-corrected chi connectivity index (χ2v) is 7.49. The van der Waals surface area contributed by atoms with Gasteiger partial charge in [-0.25, -0.2) is 4.79 Å². The highest BCUT2D eigenvalue weighted by atomic mass is 16.5. The van der Waals surface area contributed by atoms with Crippen molar-refractivity contribution in [2.24, 2.45) is 0 Å². The number of ether oxygens (including phenoxy) is 2. The minimum atomic E-state index is -0.440. The van der Waals surface area contributed by atoms with Gasteiger partial charge in [0.2, 0.25) is 0 Å². The Bertz CT molecular complexity index is 1080. The number of benzene rings is 2. The van der Waals surface area contributed by atoms with Gasteiger partial charge in [0, 0.05) is 5.39 Å². The van der Waals surface area contributed by atoms with E-state index in [9.17, 15) is 9.90 Å². The van der Waals surface area contributed by atoms with Crippen LogP contribution >= 0.6 is 0 Å². The molecule has 1 aromatic heterocycles. The van der Waals surface area contributed by atoms with Crippen LogP contribution in [-0.4, -0.2) is 32.4 Å². The Labute approximate surface area is 169 Å². The highest BCUT2D eigenvalue weighted by Crippen LogP contribution is 2.33. The molecule has 0 aliphatic carbocycles. The largest absolute Gasteiger partial charge is 0.507 e. The number of fused-ring (bicyclic) bond motifs is 1. The van der Waals surface area contributed by atoms with Crippen LogP contribution in [0.4, 0.5) is 0 Å². The molecule has 3 aromatic rings. The maximum atomic E-state index is 12.8. The lowest BCUT2D eigenvalue weighted by atomic mass is 10.0. The molecule has 6 nitrogen and oxygen atoms in total. The molecule has 2 heterocycles. The Hall–Kier alpha value is -2.99. The summed E-state index contributed by atoms with van der Waals surface area (Å²) in [5.41, 5.74) is 1.87. The Kier molecular flexibility index (Phi) is 5.45. The lowest BCUT2D eigenvalue weighted by molar-refractivity contribution is -0.918. The summed E-state index contributed by atoms with van der Waals surface area (Å²) in [6.45, 7) is 2.80. The second-order valence-electron chi connectivity index (χ2n) is 7.49. The van der Waals surface area contributed by atoms with E-state index < -0.39 is 5.63 Å². The highest BCUT2D eigenvalue weighted by Gasteiger charge is 2.20. The second kappa shape index (κ2) is 8.17. The molecular weight excluding hydrogens is 370 g/mol. The minimum Gasteiger partial charge on any atom is -0.507 e. The lowest BCUT2D eigenvalue weighted by Gasteiger charge is -2.24. The zero-order chi connectivity index (χ0) is 20.4. The maximum absolute atomic E-state index is 12.8. The summed E-state index contributed by atoms with van der Waals surface area (Å²) in [5, 5.41) is 11.2. The molecule has 0 spiro atoms. The third-order valence-corrected chi connectivity index (χ3v) is 5.66. The van der Waals surface area contributed by atoms with E-state index in [0.717, 1.165) is 18.5 Å². The van der Waals surface area contributed by atoms with E-state index in [4.69, 9.17) is 13.9 Å². The van der Waals surface area contributed by atoms with Gasteiger partial charge < -0.3 is 23.9 Å². The molecule has 29 heavy (non-hydrogen) atoms. The number of nitrogens with one attached hydrogen (secondary N) is 1. The Morgan fingerprint density at radius 2 is 1.76 bits per heavy atom. The van der Waals surface area contributed by atoms with Crippen molar-refractivity contribution >= 4 is 11.0 Å². The molecule has 1 aliphatic rings. The van der Waals surface area contributed by atoms with Gasteiger partial charge in [0.15, 0.2) is 17.1 Å². The van der Waals surface area contributed by atoms with Crippen molar-refractivity contribution in [3.05, 3.63) is 52.4 Å². The first-order valence-electron chi connectivity index (χ1n) is 9.95. The van der Waals surface area contributed by atoms with Crippen molar-refractivity contribution in [2.75, 3.05) is 27.3 Å². The first-order valence-corrected chi connectivity index (χ1v) is 9.95. The van der Waals surface area contributed by atoms with Crippen LogP contribution in [0.5, 0.6) is 17.2 Å². The average molecular weight is 396 g/mol. The van der Waals surface area contributed by atoms with Crippen LogP contribution in [0.1, 0.15) is 24.8 Å². The Morgan fingerprint density at radius 1 is 1.00 bits per heavy atom. The predicted molar refractivity (Wildman–Crippen MR) is 111 cm³/mol. The van der Waals surface area contributed by atoms with Gasteiger partial charge in [-0.3, -0.25) is 0 Å². The number of phenols is 1. The predicted octanol–water partition coefficient (Wildman–Crippen LogP) is 2.75. The van der Waals surface area contributed by atoms with Crippen LogP contribution in [0.15, 0.2) is 45.6 Å². The highest BCUT2D eigenvalue weighted by molar-refractivity contribution is 5.86. The first-order chi connectivity index (χ1) is 14.1. The van der Waals surface area contributed by atoms with E-state index in [-0.39, 0.29) is 5.75 Å². The zero-order valence-corrected chi connectivity index (χ0v) is 16.8. The number of quaternary nitrogens is 1. The molecule has 4 rings (SSSR count). The monoisotopic (exact) mass is 396 g/mol. The van der Waals surface area contributed by atoms with E-state index in [1.54, 1.807) is 44.6 Å². The molecule has 0 atom stereocenters. The van der Waals surface area contributed by atoms with Crippen LogP contribution in [-0.2, 0) is 6.54 Å². The van der Waals surface area contributed by atoms with Crippen LogP contribution in [0.3, 0.4) is 0 Å². The molecule has 0 bridgehead atoms. The average Bonchev–Trinajstić information content (AvgIpc) is 2.76. The molecule has 1 saturated heterocycles. The summed E-state index contributed by atoms with van der Waals surface area (Å²) in [6, 6.07) is 10.6. The Balaban J connectivity index is 1.78. The summed E-state index contributed by atoms with van der Waals surface area (Å²) in [7, 11) is 3.13. The summed E-state index contributed by atoms with van der Waals surface area (Å²) in [5.74, 6) is 1.32. The molecule has 0 unspecified atom stereocenters. The van der Waals surface area contributed by atoms with Gasteiger partial charge in [0.1, 0.15) is 12.3 Å². The number of likely N-dealkylation sites (tertiary alicyclic amines) is 1. The van der Waals surface area contributed by atoms with E-state index in [1.807, 2.05) is 6.07 Å². The van der Waals surface area contributed by atoms with Gasteiger partial charge in [-0.2, -0.15) is 0 Å². The maximum Gasteiger partial charge on any atom is 0.344 e. The molecule has 1 fully saturated rings. The summed E-state index contributed by atoms with van der Waals surface area (Å²) >= 11 is 0. The van der Waals surface area contributed by atoms with Gasteiger partial charge in [-0.05, 0) is 55.2 Å². The normalized spacial score (nSPS) is 14.8. The number of aromatic hydroxyl groups is 1. The number of phenolic OH excluding ortho intramolecular Hbond substituents is 1. The van der Waals surface area contributed by atoms with Crippen LogP contribution < -0.4 is 20.0 Å². The van der Waals surface area contributed by atoms with Gasteiger partial charge in [-0.1, -0.05) is 6.07 Å². The lowest BCUT2D eigenvalue weighted by Crippen LogP contribution is -3.11. The van der Waals surface area contributed by atoms with Gasteiger partial charge in [-0.15, -0.1) is 0 Å². The van der Waals surface area contributed by atoms with E-state index in [2.05, 4.69) is 0 Å². The molecule has 2 aromatic carbocycles. The van der Waals surface area contributed by atoms with Crippen molar-refractivity contribution in [3.8, 4) is 28.4 Å². The van der Waals surface area contributed by atoms with Gasteiger partial charge >= 0.3 is 5.63 Å². The fraction of sp³-hybridized carbons (Fsp3) is 0.348. The standard InChI is InChI=1S/C23H25NO5/c1-27-20-9-7-15(13-21(20)28-2)17-12-16-6-8-19(25)18(22(16)29-23(17)26)14-24-10-4-3-5-11-24/h6-9,12-13,25H,3-5,10-11,14H2,1-2H3/p+1. The van der Waals surface area contributed by atoms with Crippen molar-refractivity contribution < 1.29 is 23.9 Å². The molecule has 0 amide bonds.